The fraction of sp³-hybridized carbons (Fsp3) is 0.800. The Balaban J connectivity index is 2.01. The van der Waals surface area contributed by atoms with Crippen LogP contribution in [0.2, 0.25) is 0 Å². The summed E-state index contributed by atoms with van der Waals surface area (Å²) in [7, 11) is 0. The predicted molar refractivity (Wildman–Crippen MR) is 68.7 cm³/mol. The number of ether oxygens (including phenoxy) is 2. The smallest absolute Gasteiger partial charge is 0.196 e. The van der Waals surface area contributed by atoms with Gasteiger partial charge < -0.3 is 19.7 Å². The summed E-state index contributed by atoms with van der Waals surface area (Å²) in [6.45, 7) is 5.43. The monoisotopic (exact) mass is 280 g/mol. The van der Waals surface area contributed by atoms with Crippen LogP contribution in [0, 0.1) is 10.8 Å². The standard InChI is InChI=1S/C15H20O5/c1-8-5-15-12(2,6-9(8)17)13(3)10(18)4-11(19-15)14(13,7-16)20-15/h5,10-11,16,18H,4,6-7H2,1-3H3. The van der Waals surface area contributed by atoms with Gasteiger partial charge in [-0.15, -0.1) is 0 Å². The van der Waals surface area contributed by atoms with Crippen molar-refractivity contribution in [3.05, 3.63) is 11.6 Å². The quantitative estimate of drug-likeness (QED) is 0.733. The second kappa shape index (κ2) is 3.19. The van der Waals surface area contributed by atoms with Crippen LogP contribution in [0.3, 0.4) is 0 Å². The number of carbonyl (C=O) groups excluding carboxylic acids is 1. The Labute approximate surface area is 117 Å². The average molecular weight is 280 g/mol. The van der Waals surface area contributed by atoms with Crippen LogP contribution in [0.1, 0.15) is 33.6 Å². The van der Waals surface area contributed by atoms with E-state index in [0.29, 0.717) is 12.0 Å². The highest BCUT2D eigenvalue weighted by Crippen LogP contribution is 2.77. The van der Waals surface area contributed by atoms with E-state index in [1.54, 1.807) is 13.0 Å². The van der Waals surface area contributed by atoms with Gasteiger partial charge in [-0.3, -0.25) is 4.79 Å². The number of carbonyl (C=O) groups is 1. The molecule has 0 radical (unpaired) electrons. The molecule has 2 heterocycles. The lowest BCUT2D eigenvalue weighted by molar-refractivity contribution is -0.203. The second-order valence-corrected chi connectivity index (χ2v) is 7.14. The van der Waals surface area contributed by atoms with Crippen LogP contribution >= 0.6 is 0 Å². The van der Waals surface area contributed by atoms with Crippen molar-refractivity contribution in [3.8, 4) is 0 Å². The van der Waals surface area contributed by atoms with Gasteiger partial charge in [-0.25, -0.2) is 0 Å². The Morgan fingerprint density at radius 3 is 2.80 bits per heavy atom. The van der Waals surface area contributed by atoms with Crippen molar-refractivity contribution in [2.45, 2.75) is 57.2 Å². The fourth-order valence-electron chi connectivity index (χ4n) is 5.16. The molecule has 0 amide bonds. The van der Waals surface area contributed by atoms with Crippen LogP contribution in [-0.4, -0.2) is 46.2 Å². The van der Waals surface area contributed by atoms with E-state index in [-0.39, 0.29) is 24.9 Å². The third-order valence-corrected chi connectivity index (χ3v) is 6.66. The number of ketones is 1. The van der Waals surface area contributed by atoms with Gasteiger partial charge in [-0.1, -0.05) is 13.8 Å². The zero-order valence-electron chi connectivity index (χ0n) is 12.0. The molecule has 2 aliphatic heterocycles. The zero-order valence-corrected chi connectivity index (χ0v) is 12.0. The van der Waals surface area contributed by atoms with Crippen molar-refractivity contribution in [2.75, 3.05) is 6.61 Å². The molecule has 1 saturated carbocycles. The maximum absolute atomic E-state index is 12.2. The number of hydrogen-bond acceptors (Lipinski definition) is 5. The van der Waals surface area contributed by atoms with Gasteiger partial charge in [-0.05, 0) is 18.6 Å². The van der Waals surface area contributed by atoms with E-state index in [1.807, 2.05) is 13.8 Å². The van der Waals surface area contributed by atoms with E-state index in [4.69, 9.17) is 9.47 Å². The van der Waals surface area contributed by atoms with Gasteiger partial charge in [0.2, 0.25) is 0 Å². The molecule has 6 atom stereocenters. The van der Waals surface area contributed by atoms with Crippen molar-refractivity contribution in [1.29, 1.82) is 0 Å². The lowest BCUT2D eigenvalue weighted by atomic mass is 9.52. The third kappa shape index (κ3) is 0.923. The molecule has 2 aliphatic carbocycles. The minimum atomic E-state index is -0.995. The molecule has 0 aromatic heterocycles. The number of allylic oxidation sites excluding steroid dienone is 1. The van der Waals surface area contributed by atoms with Gasteiger partial charge >= 0.3 is 0 Å². The van der Waals surface area contributed by atoms with Gasteiger partial charge in [0, 0.05) is 23.7 Å². The number of hydrogen-bond donors (Lipinski definition) is 2. The minimum absolute atomic E-state index is 0.0582. The van der Waals surface area contributed by atoms with Gasteiger partial charge in [0.1, 0.15) is 5.60 Å². The first kappa shape index (κ1) is 13.0. The highest BCUT2D eigenvalue weighted by Gasteiger charge is 2.87. The highest BCUT2D eigenvalue weighted by atomic mass is 16.8. The Morgan fingerprint density at radius 1 is 1.45 bits per heavy atom. The molecular weight excluding hydrogens is 260 g/mol. The van der Waals surface area contributed by atoms with Gasteiger partial charge in [-0.2, -0.15) is 0 Å². The zero-order chi connectivity index (χ0) is 14.6. The Kier molecular flexibility index (Phi) is 2.07. The predicted octanol–water partition coefficient (Wildman–Crippen LogP) is 0.539. The molecule has 1 spiro atoms. The SMILES string of the molecule is CC1=CC23OC4CC(O)C(C)(C4(CO)O2)C3(C)CC1=O. The van der Waals surface area contributed by atoms with Crippen LogP contribution in [0.4, 0.5) is 0 Å². The van der Waals surface area contributed by atoms with Crippen molar-refractivity contribution >= 4 is 5.78 Å². The van der Waals surface area contributed by atoms with E-state index in [1.165, 1.54) is 0 Å². The Bertz CT molecular complexity index is 556. The normalized spacial score (nSPS) is 59.9. The van der Waals surface area contributed by atoms with Crippen molar-refractivity contribution in [2.24, 2.45) is 10.8 Å². The molecule has 6 unspecified atom stereocenters. The van der Waals surface area contributed by atoms with Crippen LogP contribution in [0.25, 0.3) is 0 Å². The molecule has 0 aromatic carbocycles. The van der Waals surface area contributed by atoms with Crippen LogP contribution in [0.15, 0.2) is 11.6 Å². The molecule has 4 rings (SSSR count). The number of rotatable bonds is 1. The van der Waals surface area contributed by atoms with E-state index in [9.17, 15) is 15.0 Å². The number of aliphatic hydroxyl groups is 2. The molecule has 2 saturated heterocycles. The van der Waals surface area contributed by atoms with Crippen molar-refractivity contribution < 1.29 is 24.5 Å². The number of fused-ring (bicyclic) bond motifs is 1. The molecule has 5 heteroatoms. The summed E-state index contributed by atoms with van der Waals surface area (Å²) in [6, 6.07) is 0. The largest absolute Gasteiger partial charge is 0.393 e. The van der Waals surface area contributed by atoms with E-state index in [0.717, 1.165) is 0 Å². The second-order valence-electron chi connectivity index (χ2n) is 7.14. The average Bonchev–Trinajstić information content (AvgIpc) is 2.84. The molecular formula is C15H20O5. The summed E-state index contributed by atoms with van der Waals surface area (Å²) in [5, 5.41) is 20.6. The summed E-state index contributed by atoms with van der Waals surface area (Å²) in [5.74, 6) is -0.937. The maximum Gasteiger partial charge on any atom is 0.196 e. The first-order chi connectivity index (χ1) is 9.26. The van der Waals surface area contributed by atoms with Crippen LogP contribution < -0.4 is 0 Å². The topological polar surface area (TPSA) is 76.0 Å². The molecule has 4 aliphatic rings. The third-order valence-electron chi connectivity index (χ3n) is 6.66. The molecule has 3 fully saturated rings. The molecule has 20 heavy (non-hydrogen) atoms. The summed E-state index contributed by atoms with van der Waals surface area (Å²) in [5.41, 5.74) is -1.63. The first-order valence-corrected chi connectivity index (χ1v) is 7.16. The minimum Gasteiger partial charge on any atom is -0.393 e. The molecule has 2 bridgehead atoms. The van der Waals surface area contributed by atoms with Crippen LogP contribution in [-0.2, 0) is 14.3 Å². The summed E-state index contributed by atoms with van der Waals surface area (Å²) in [4.78, 5) is 12.2. The first-order valence-electron chi connectivity index (χ1n) is 7.16. The molecule has 5 nitrogen and oxygen atoms in total. The van der Waals surface area contributed by atoms with Crippen LogP contribution in [0.5, 0.6) is 0 Å². The van der Waals surface area contributed by atoms with Gasteiger partial charge in [0.05, 0.1) is 18.8 Å². The van der Waals surface area contributed by atoms with E-state index < -0.39 is 28.3 Å². The summed E-state index contributed by atoms with van der Waals surface area (Å²) in [6.07, 6.45) is 1.51. The van der Waals surface area contributed by atoms with Gasteiger partial charge in [0.15, 0.2) is 11.6 Å². The van der Waals surface area contributed by atoms with Crippen molar-refractivity contribution in [1.82, 2.24) is 0 Å². The summed E-state index contributed by atoms with van der Waals surface area (Å²) >= 11 is 0. The number of Topliss-reactive ketones (excluding diaryl/α,β-unsaturated/α-hetero) is 1. The Hall–Kier alpha value is -0.750. The molecule has 110 valence electrons. The molecule has 0 aromatic rings. The highest BCUT2D eigenvalue weighted by molar-refractivity contribution is 5.97. The van der Waals surface area contributed by atoms with Crippen molar-refractivity contribution in [3.63, 3.8) is 0 Å². The lowest BCUT2D eigenvalue weighted by Crippen LogP contribution is -2.63. The Morgan fingerprint density at radius 2 is 2.15 bits per heavy atom. The summed E-state index contributed by atoms with van der Waals surface area (Å²) < 4.78 is 12.3. The van der Waals surface area contributed by atoms with E-state index in [2.05, 4.69) is 0 Å². The lowest BCUT2D eigenvalue weighted by Gasteiger charge is -2.53. The molecule has 2 N–H and O–H groups in total. The fourth-order valence-corrected chi connectivity index (χ4v) is 5.16. The number of aliphatic hydroxyl groups excluding tert-OH is 2. The van der Waals surface area contributed by atoms with E-state index >= 15 is 0 Å². The van der Waals surface area contributed by atoms with Gasteiger partial charge in [0.25, 0.3) is 0 Å². The maximum atomic E-state index is 12.2.